The fraction of sp³-hybridized carbons (Fsp3) is 0.474. The van der Waals surface area contributed by atoms with Crippen LogP contribution in [-0.2, 0) is 11.3 Å². The molecule has 0 saturated carbocycles. The predicted octanol–water partition coefficient (Wildman–Crippen LogP) is 3.81. The smallest absolute Gasteiger partial charge is 0.262 e. The van der Waals surface area contributed by atoms with E-state index in [1.807, 2.05) is 18.2 Å². The molecule has 0 aliphatic heterocycles. The Morgan fingerprint density at radius 1 is 1.41 bits per heavy atom. The third-order valence-corrected chi connectivity index (χ3v) is 5.63. The summed E-state index contributed by atoms with van der Waals surface area (Å²) in [7, 11) is 1.68. The molecule has 0 unspecified atom stereocenters. The maximum Gasteiger partial charge on any atom is 0.262 e. The summed E-state index contributed by atoms with van der Waals surface area (Å²) in [5.41, 5.74) is 0.549. The molecule has 1 aromatic carbocycles. The van der Waals surface area contributed by atoms with E-state index < -0.39 is 0 Å². The van der Waals surface area contributed by atoms with Crippen LogP contribution in [0.2, 0.25) is 0 Å². The maximum atomic E-state index is 13.0. The summed E-state index contributed by atoms with van der Waals surface area (Å²) in [6.45, 7) is 3.10. The van der Waals surface area contributed by atoms with Crippen molar-refractivity contribution in [3.63, 3.8) is 0 Å². The average molecular weight is 451 g/mol. The Labute approximate surface area is 171 Å². The summed E-state index contributed by atoms with van der Waals surface area (Å²) < 4.78 is 2.51. The summed E-state index contributed by atoms with van der Waals surface area (Å²) in [5.74, 6) is 0.102. The van der Waals surface area contributed by atoms with Gasteiger partial charge in [-0.2, -0.15) is 5.26 Å². The molecule has 0 atom stereocenters. The van der Waals surface area contributed by atoms with Gasteiger partial charge in [0.25, 0.3) is 5.56 Å². The van der Waals surface area contributed by atoms with Crippen LogP contribution in [-0.4, -0.2) is 39.7 Å². The largest absolute Gasteiger partial charge is 0.344 e. The highest BCUT2D eigenvalue weighted by Gasteiger charge is 2.15. The van der Waals surface area contributed by atoms with Crippen LogP contribution in [0.15, 0.2) is 32.6 Å². The number of halogens is 1. The van der Waals surface area contributed by atoms with Gasteiger partial charge in [0, 0.05) is 24.6 Å². The maximum absolute atomic E-state index is 13.0. The van der Waals surface area contributed by atoms with E-state index in [1.54, 1.807) is 17.7 Å². The molecule has 0 N–H and O–H groups in total. The van der Waals surface area contributed by atoms with Crippen molar-refractivity contribution in [1.29, 1.82) is 5.26 Å². The standard InChI is InChI=1S/C19H23BrN4O2S/c1-3-4-5-11-24-18(26)15-12-14(20)7-8-16(15)22-19(24)27-13-17(25)23(2)10-6-9-21/h7-8,12H,3-6,10-11,13H2,1-2H3. The number of nitriles is 1. The number of unbranched alkanes of at least 4 members (excludes halogenated alkanes) is 2. The monoisotopic (exact) mass is 450 g/mol. The predicted molar refractivity (Wildman–Crippen MR) is 112 cm³/mol. The molecule has 0 spiro atoms. The highest BCUT2D eigenvalue weighted by Crippen LogP contribution is 2.21. The lowest BCUT2D eigenvalue weighted by Gasteiger charge is -2.16. The number of thioether (sulfide) groups is 1. The Morgan fingerprint density at radius 2 is 2.19 bits per heavy atom. The van der Waals surface area contributed by atoms with Crippen LogP contribution in [0.25, 0.3) is 10.9 Å². The highest BCUT2D eigenvalue weighted by atomic mass is 79.9. The minimum atomic E-state index is -0.0829. The van der Waals surface area contributed by atoms with Crippen molar-refractivity contribution in [2.75, 3.05) is 19.3 Å². The zero-order chi connectivity index (χ0) is 19.8. The topological polar surface area (TPSA) is 79.0 Å². The molecule has 6 nitrogen and oxygen atoms in total. The van der Waals surface area contributed by atoms with Gasteiger partial charge in [0.05, 0.1) is 29.1 Å². The van der Waals surface area contributed by atoms with Gasteiger partial charge in [0.2, 0.25) is 5.91 Å². The molecule has 1 amide bonds. The lowest BCUT2D eigenvalue weighted by molar-refractivity contribution is -0.127. The van der Waals surface area contributed by atoms with E-state index in [-0.39, 0.29) is 17.2 Å². The van der Waals surface area contributed by atoms with E-state index in [1.165, 1.54) is 16.7 Å². The number of amides is 1. The number of fused-ring (bicyclic) bond motifs is 1. The fourth-order valence-electron chi connectivity index (χ4n) is 2.58. The van der Waals surface area contributed by atoms with Gasteiger partial charge < -0.3 is 4.90 Å². The van der Waals surface area contributed by atoms with Crippen LogP contribution in [0, 0.1) is 11.3 Å². The molecular weight excluding hydrogens is 428 g/mol. The second-order valence-corrected chi connectivity index (χ2v) is 8.09. The van der Waals surface area contributed by atoms with Gasteiger partial charge in [0.15, 0.2) is 5.16 Å². The molecule has 144 valence electrons. The number of nitrogens with zero attached hydrogens (tertiary/aromatic N) is 4. The molecule has 8 heteroatoms. The van der Waals surface area contributed by atoms with Gasteiger partial charge in [-0.1, -0.05) is 47.5 Å². The van der Waals surface area contributed by atoms with Gasteiger partial charge in [-0.3, -0.25) is 14.2 Å². The lowest BCUT2D eigenvalue weighted by atomic mass is 10.2. The van der Waals surface area contributed by atoms with Crippen molar-refractivity contribution in [3.05, 3.63) is 33.0 Å². The summed E-state index contributed by atoms with van der Waals surface area (Å²) in [6.07, 6.45) is 3.29. The van der Waals surface area contributed by atoms with E-state index in [9.17, 15) is 9.59 Å². The number of benzene rings is 1. The first-order chi connectivity index (χ1) is 13.0. The third kappa shape index (κ3) is 5.81. The molecule has 0 saturated heterocycles. The van der Waals surface area contributed by atoms with E-state index in [0.717, 1.165) is 23.7 Å². The molecule has 27 heavy (non-hydrogen) atoms. The Hall–Kier alpha value is -1.85. The summed E-state index contributed by atoms with van der Waals surface area (Å²) in [4.78, 5) is 31.4. The van der Waals surface area contributed by atoms with Gasteiger partial charge >= 0.3 is 0 Å². The first kappa shape index (κ1) is 21.5. The van der Waals surface area contributed by atoms with Crippen LogP contribution in [0.1, 0.15) is 32.6 Å². The van der Waals surface area contributed by atoms with Crippen LogP contribution in [0.3, 0.4) is 0 Å². The van der Waals surface area contributed by atoms with Gasteiger partial charge in [0.1, 0.15) is 0 Å². The molecule has 0 fully saturated rings. The Morgan fingerprint density at radius 3 is 2.89 bits per heavy atom. The molecule has 0 bridgehead atoms. The minimum absolute atomic E-state index is 0.0785. The van der Waals surface area contributed by atoms with Crippen molar-refractivity contribution in [2.45, 2.75) is 44.3 Å². The van der Waals surface area contributed by atoms with E-state index >= 15 is 0 Å². The zero-order valence-electron chi connectivity index (χ0n) is 15.6. The van der Waals surface area contributed by atoms with Gasteiger partial charge in [-0.25, -0.2) is 4.98 Å². The van der Waals surface area contributed by atoms with E-state index in [2.05, 4.69) is 27.8 Å². The van der Waals surface area contributed by atoms with Crippen LogP contribution in [0.4, 0.5) is 0 Å². The lowest BCUT2D eigenvalue weighted by Crippen LogP contribution is -2.30. The summed E-state index contributed by atoms with van der Waals surface area (Å²) in [5, 5.41) is 9.78. The van der Waals surface area contributed by atoms with Gasteiger partial charge in [-0.05, 0) is 24.6 Å². The van der Waals surface area contributed by atoms with Crippen molar-refractivity contribution in [1.82, 2.24) is 14.5 Å². The molecule has 1 heterocycles. The van der Waals surface area contributed by atoms with E-state index in [4.69, 9.17) is 5.26 Å². The molecule has 2 aromatic rings. The Kier molecular flexibility index (Phi) is 8.32. The second-order valence-electron chi connectivity index (χ2n) is 6.23. The third-order valence-electron chi connectivity index (χ3n) is 4.18. The molecule has 0 radical (unpaired) electrons. The second kappa shape index (κ2) is 10.5. The van der Waals surface area contributed by atoms with Crippen molar-refractivity contribution in [2.24, 2.45) is 0 Å². The fourth-order valence-corrected chi connectivity index (χ4v) is 3.91. The molecule has 0 aliphatic rings. The molecular formula is C19H23BrN4O2S. The SMILES string of the molecule is CCCCCn1c(SCC(=O)N(C)CCC#N)nc2ccc(Br)cc2c1=O. The number of hydrogen-bond acceptors (Lipinski definition) is 5. The first-order valence-electron chi connectivity index (χ1n) is 8.91. The number of carbonyl (C=O) groups is 1. The average Bonchev–Trinajstić information content (AvgIpc) is 2.66. The number of carbonyl (C=O) groups excluding carboxylic acids is 1. The molecule has 1 aromatic heterocycles. The van der Waals surface area contributed by atoms with Crippen LogP contribution in [0.5, 0.6) is 0 Å². The normalized spacial score (nSPS) is 10.7. The Bertz CT molecular complexity index is 907. The molecule has 2 rings (SSSR count). The minimum Gasteiger partial charge on any atom is -0.344 e. The van der Waals surface area contributed by atoms with Crippen LogP contribution >= 0.6 is 27.7 Å². The number of hydrogen-bond donors (Lipinski definition) is 0. The first-order valence-corrected chi connectivity index (χ1v) is 10.7. The van der Waals surface area contributed by atoms with Crippen molar-refractivity contribution in [3.8, 4) is 6.07 Å². The zero-order valence-corrected chi connectivity index (χ0v) is 18.0. The number of aromatic nitrogens is 2. The Balaban J connectivity index is 2.28. The number of rotatable bonds is 9. The van der Waals surface area contributed by atoms with E-state index in [0.29, 0.717) is 35.6 Å². The quantitative estimate of drug-likeness (QED) is 0.329. The van der Waals surface area contributed by atoms with Crippen LogP contribution < -0.4 is 5.56 Å². The van der Waals surface area contributed by atoms with Crippen molar-refractivity contribution < 1.29 is 4.79 Å². The highest BCUT2D eigenvalue weighted by molar-refractivity contribution is 9.10. The van der Waals surface area contributed by atoms with Crippen molar-refractivity contribution >= 4 is 44.5 Å². The molecule has 0 aliphatic carbocycles. The van der Waals surface area contributed by atoms with Gasteiger partial charge in [-0.15, -0.1) is 0 Å². The summed E-state index contributed by atoms with van der Waals surface area (Å²) in [6, 6.07) is 7.48. The summed E-state index contributed by atoms with van der Waals surface area (Å²) >= 11 is 4.68.